The molecule has 0 fully saturated rings. The van der Waals surface area contributed by atoms with E-state index in [4.69, 9.17) is 4.84 Å². The van der Waals surface area contributed by atoms with E-state index in [0.717, 1.165) is 5.06 Å². The van der Waals surface area contributed by atoms with E-state index in [0.29, 0.717) is 5.69 Å². The second-order valence-corrected chi connectivity index (χ2v) is 3.90. The van der Waals surface area contributed by atoms with E-state index in [1.807, 2.05) is 0 Å². The SMILES string of the molecule is CON(C)C(=O)c1ccn(-c2ccc([N+](=O)[O-])cc2)n1. The van der Waals surface area contributed by atoms with E-state index < -0.39 is 4.92 Å². The summed E-state index contributed by atoms with van der Waals surface area (Å²) in [5, 5.41) is 15.7. The molecule has 2 aromatic rings. The molecule has 0 radical (unpaired) electrons. The molecule has 0 aliphatic heterocycles. The van der Waals surface area contributed by atoms with Gasteiger partial charge < -0.3 is 0 Å². The third kappa shape index (κ3) is 2.64. The summed E-state index contributed by atoms with van der Waals surface area (Å²) in [6.45, 7) is 0. The lowest BCUT2D eigenvalue weighted by molar-refractivity contribution is -0.384. The highest BCUT2D eigenvalue weighted by Gasteiger charge is 2.15. The highest BCUT2D eigenvalue weighted by molar-refractivity contribution is 5.91. The van der Waals surface area contributed by atoms with Crippen LogP contribution in [0.25, 0.3) is 5.69 Å². The van der Waals surface area contributed by atoms with Crippen molar-refractivity contribution in [1.29, 1.82) is 0 Å². The first-order valence-electron chi connectivity index (χ1n) is 5.65. The van der Waals surface area contributed by atoms with Crippen molar-refractivity contribution >= 4 is 11.6 Å². The fourth-order valence-electron chi connectivity index (χ4n) is 1.55. The second kappa shape index (κ2) is 5.49. The van der Waals surface area contributed by atoms with Crippen LogP contribution in [0.5, 0.6) is 0 Å². The Hall–Kier alpha value is -2.74. The van der Waals surface area contributed by atoms with Gasteiger partial charge in [0, 0.05) is 25.4 Å². The maximum absolute atomic E-state index is 11.8. The van der Waals surface area contributed by atoms with Gasteiger partial charge in [0.25, 0.3) is 11.6 Å². The topological polar surface area (TPSA) is 90.5 Å². The standard InChI is InChI=1S/C12H12N4O4/c1-14(20-2)12(17)11-7-8-15(13-11)9-3-5-10(6-4-9)16(18)19/h3-8H,1-2H3. The highest BCUT2D eigenvalue weighted by atomic mass is 16.7. The molecule has 1 aromatic heterocycles. The predicted octanol–water partition coefficient (Wildman–Crippen LogP) is 1.41. The summed E-state index contributed by atoms with van der Waals surface area (Å²) < 4.78 is 1.46. The second-order valence-electron chi connectivity index (χ2n) is 3.90. The van der Waals surface area contributed by atoms with Crippen LogP contribution >= 0.6 is 0 Å². The summed E-state index contributed by atoms with van der Waals surface area (Å²) in [5.74, 6) is -0.381. The molecule has 0 saturated heterocycles. The van der Waals surface area contributed by atoms with Gasteiger partial charge in [-0.25, -0.2) is 9.75 Å². The number of carbonyl (C=O) groups is 1. The quantitative estimate of drug-likeness (QED) is 0.622. The Labute approximate surface area is 114 Å². The van der Waals surface area contributed by atoms with Gasteiger partial charge in [-0.15, -0.1) is 0 Å². The number of rotatable bonds is 4. The first kappa shape index (κ1) is 13.7. The third-order valence-electron chi connectivity index (χ3n) is 2.69. The number of nitrogens with zero attached hydrogens (tertiary/aromatic N) is 4. The number of hydrogen-bond donors (Lipinski definition) is 0. The van der Waals surface area contributed by atoms with Crippen molar-refractivity contribution in [1.82, 2.24) is 14.8 Å². The number of nitro groups is 1. The number of hydrogen-bond acceptors (Lipinski definition) is 5. The van der Waals surface area contributed by atoms with Crippen LogP contribution in [-0.2, 0) is 4.84 Å². The van der Waals surface area contributed by atoms with Crippen LogP contribution < -0.4 is 0 Å². The van der Waals surface area contributed by atoms with Gasteiger partial charge in [-0.2, -0.15) is 5.10 Å². The minimum Gasteiger partial charge on any atom is -0.274 e. The maximum atomic E-state index is 11.8. The van der Waals surface area contributed by atoms with E-state index in [1.54, 1.807) is 24.4 Å². The maximum Gasteiger partial charge on any atom is 0.297 e. The lowest BCUT2D eigenvalue weighted by atomic mass is 10.3. The van der Waals surface area contributed by atoms with E-state index in [2.05, 4.69) is 5.10 Å². The van der Waals surface area contributed by atoms with E-state index in [9.17, 15) is 14.9 Å². The van der Waals surface area contributed by atoms with Gasteiger partial charge in [0.1, 0.15) is 0 Å². The Morgan fingerprint density at radius 3 is 2.55 bits per heavy atom. The molecule has 104 valence electrons. The lowest BCUT2D eigenvalue weighted by Gasteiger charge is -2.11. The summed E-state index contributed by atoms with van der Waals surface area (Å²) >= 11 is 0. The molecule has 8 nitrogen and oxygen atoms in total. The molecule has 0 atom stereocenters. The molecule has 0 unspecified atom stereocenters. The Morgan fingerprint density at radius 2 is 2.00 bits per heavy atom. The highest BCUT2D eigenvalue weighted by Crippen LogP contribution is 2.15. The number of aromatic nitrogens is 2. The fraction of sp³-hybridized carbons (Fsp3) is 0.167. The first-order valence-corrected chi connectivity index (χ1v) is 5.65. The van der Waals surface area contributed by atoms with Crippen LogP contribution in [-0.4, -0.2) is 39.8 Å². The number of hydroxylamine groups is 2. The zero-order chi connectivity index (χ0) is 14.7. The smallest absolute Gasteiger partial charge is 0.274 e. The van der Waals surface area contributed by atoms with Crippen LogP contribution in [0.15, 0.2) is 36.5 Å². The molecule has 2 rings (SSSR count). The Morgan fingerprint density at radius 1 is 1.35 bits per heavy atom. The molecule has 0 N–H and O–H groups in total. The number of carbonyl (C=O) groups excluding carboxylic acids is 1. The van der Waals surface area contributed by atoms with E-state index >= 15 is 0 Å². The molecule has 0 aliphatic rings. The van der Waals surface area contributed by atoms with Crippen molar-refractivity contribution in [2.24, 2.45) is 0 Å². The zero-order valence-corrected chi connectivity index (χ0v) is 10.9. The van der Waals surface area contributed by atoms with Crippen molar-refractivity contribution in [3.8, 4) is 5.69 Å². The summed E-state index contributed by atoms with van der Waals surface area (Å²) in [6, 6.07) is 7.40. The predicted molar refractivity (Wildman–Crippen MR) is 69.3 cm³/mol. The number of amides is 1. The van der Waals surface area contributed by atoms with Gasteiger partial charge >= 0.3 is 0 Å². The van der Waals surface area contributed by atoms with E-state index in [-0.39, 0.29) is 17.3 Å². The number of nitro benzene ring substituents is 1. The van der Waals surface area contributed by atoms with Crippen LogP contribution in [0.4, 0.5) is 5.69 Å². The van der Waals surface area contributed by atoms with Crippen molar-refractivity contribution in [3.05, 3.63) is 52.3 Å². The monoisotopic (exact) mass is 276 g/mol. The molecule has 0 bridgehead atoms. The molecule has 0 aliphatic carbocycles. The van der Waals surface area contributed by atoms with Crippen molar-refractivity contribution in [2.45, 2.75) is 0 Å². The molecule has 0 saturated carbocycles. The van der Waals surface area contributed by atoms with Crippen molar-refractivity contribution in [2.75, 3.05) is 14.2 Å². The summed E-state index contributed by atoms with van der Waals surface area (Å²) in [6.07, 6.45) is 1.60. The fourth-order valence-corrected chi connectivity index (χ4v) is 1.55. The summed E-state index contributed by atoms with van der Waals surface area (Å²) in [5.41, 5.74) is 0.832. The third-order valence-corrected chi connectivity index (χ3v) is 2.69. The zero-order valence-electron chi connectivity index (χ0n) is 10.9. The summed E-state index contributed by atoms with van der Waals surface area (Å²) in [4.78, 5) is 26.7. The summed E-state index contributed by atoms with van der Waals surface area (Å²) in [7, 11) is 2.86. The molecule has 1 heterocycles. The van der Waals surface area contributed by atoms with Crippen molar-refractivity contribution < 1.29 is 14.6 Å². The van der Waals surface area contributed by atoms with Gasteiger partial charge in [0.2, 0.25) is 0 Å². The van der Waals surface area contributed by atoms with Gasteiger partial charge in [-0.3, -0.25) is 19.7 Å². The average molecular weight is 276 g/mol. The molecule has 1 aromatic carbocycles. The lowest BCUT2D eigenvalue weighted by Crippen LogP contribution is -2.25. The minimum atomic E-state index is -0.477. The number of non-ortho nitro benzene ring substituents is 1. The van der Waals surface area contributed by atoms with Gasteiger partial charge in [0.05, 0.1) is 17.7 Å². The van der Waals surface area contributed by atoms with Crippen LogP contribution in [0.2, 0.25) is 0 Å². The Bertz CT molecular complexity index is 635. The van der Waals surface area contributed by atoms with Gasteiger partial charge in [-0.05, 0) is 18.2 Å². The first-order chi connectivity index (χ1) is 9.52. The van der Waals surface area contributed by atoms with Gasteiger partial charge in [0.15, 0.2) is 5.69 Å². The Balaban J connectivity index is 2.24. The molecule has 1 amide bonds. The van der Waals surface area contributed by atoms with Gasteiger partial charge in [-0.1, -0.05) is 0 Å². The van der Waals surface area contributed by atoms with Crippen LogP contribution in [0.3, 0.4) is 0 Å². The van der Waals surface area contributed by atoms with Crippen molar-refractivity contribution in [3.63, 3.8) is 0 Å². The normalized spacial score (nSPS) is 10.3. The van der Waals surface area contributed by atoms with Crippen LogP contribution in [0, 0.1) is 10.1 Å². The molecular weight excluding hydrogens is 264 g/mol. The minimum absolute atomic E-state index is 0.00341. The number of benzene rings is 1. The molecule has 0 spiro atoms. The van der Waals surface area contributed by atoms with Crippen LogP contribution in [0.1, 0.15) is 10.5 Å². The average Bonchev–Trinajstić information content (AvgIpc) is 2.95. The molecule has 8 heteroatoms. The molecular formula is C12H12N4O4. The Kier molecular flexibility index (Phi) is 3.76. The largest absolute Gasteiger partial charge is 0.297 e. The molecule has 20 heavy (non-hydrogen) atoms. The van der Waals surface area contributed by atoms with E-state index in [1.165, 1.54) is 31.0 Å².